The number of carbonyl (C=O) groups is 2. The minimum Gasteiger partial charge on any atom is -0.497 e. The first-order valence-corrected chi connectivity index (χ1v) is 10.6. The molecule has 1 saturated heterocycles. The SMILES string of the molecule is COc1ccc(CO[C@@H]2[C@H](OC(=N)C(Cl)(Cl)Cl)O[C@@H](C)[C@@H](OC(C)=O)[C@H]2OC(C)=O)cc1. The van der Waals surface area contributed by atoms with Crippen molar-refractivity contribution < 1.29 is 38.0 Å². The highest BCUT2D eigenvalue weighted by Gasteiger charge is 2.51. The molecule has 0 radical (unpaired) electrons. The molecule has 1 N–H and O–H groups in total. The topological polar surface area (TPSA) is 113 Å². The third-order valence-corrected chi connectivity index (χ3v) is 4.94. The zero-order valence-corrected chi connectivity index (χ0v) is 20.1. The predicted molar refractivity (Wildman–Crippen MR) is 116 cm³/mol. The van der Waals surface area contributed by atoms with Gasteiger partial charge in [-0.2, -0.15) is 0 Å². The van der Waals surface area contributed by atoms with Crippen LogP contribution < -0.4 is 4.74 Å². The zero-order valence-electron chi connectivity index (χ0n) is 17.8. The molecule has 2 rings (SSSR count). The van der Waals surface area contributed by atoms with Crippen molar-refractivity contribution in [2.75, 3.05) is 7.11 Å². The van der Waals surface area contributed by atoms with Crippen LogP contribution in [0.25, 0.3) is 0 Å². The lowest BCUT2D eigenvalue weighted by molar-refractivity contribution is -0.291. The molecule has 32 heavy (non-hydrogen) atoms. The van der Waals surface area contributed by atoms with Crippen molar-refractivity contribution >= 4 is 52.6 Å². The average molecular weight is 513 g/mol. The molecule has 0 bridgehead atoms. The number of carbonyl (C=O) groups excluding carboxylic acids is 2. The normalized spacial score (nSPS) is 25.5. The zero-order chi connectivity index (χ0) is 24.1. The van der Waals surface area contributed by atoms with Crippen LogP contribution in [-0.4, -0.2) is 59.4 Å². The third kappa shape index (κ3) is 7.38. The number of alkyl halides is 3. The van der Waals surface area contributed by atoms with Crippen LogP contribution in [0.4, 0.5) is 0 Å². The molecular formula is C20H24Cl3NO8. The second-order valence-corrected chi connectivity index (χ2v) is 9.21. The summed E-state index contributed by atoms with van der Waals surface area (Å²) in [6.07, 6.45) is -5.35. The van der Waals surface area contributed by atoms with Gasteiger partial charge in [0.15, 0.2) is 18.3 Å². The summed E-state index contributed by atoms with van der Waals surface area (Å²) in [6, 6.07) is 7.04. The largest absolute Gasteiger partial charge is 0.497 e. The van der Waals surface area contributed by atoms with Crippen LogP contribution in [-0.2, 0) is 39.9 Å². The molecule has 0 aliphatic carbocycles. The summed E-state index contributed by atoms with van der Waals surface area (Å²) in [5.41, 5.74) is 0.755. The van der Waals surface area contributed by atoms with Crippen LogP contribution >= 0.6 is 34.8 Å². The van der Waals surface area contributed by atoms with Crippen molar-refractivity contribution in [2.45, 2.75) is 61.9 Å². The van der Waals surface area contributed by atoms with Crippen molar-refractivity contribution in [3.05, 3.63) is 29.8 Å². The molecule has 178 valence electrons. The molecule has 0 saturated carbocycles. The van der Waals surface area contributed by atoms with Gasteiger partial charge in [0.05, 0.1) is 19.8 Å². The second-order valence-electron chi connectivity index (χ2n) is 6.93. The van der Waals surface area contributed by atoms with Gasteiger partial charge in [-0.15, -0.1) is 0 Å². The summed E-state index contributed by atoms with van der Waals surface area (Å²) in [4.78, 5) is 23.4. The van der Waals surface area contributed by atoms with Gasteiger partial charge in [0, 0.05) is 13.8 Å². The van der Waals surface area contributed by atoms with E-state index in [0.29, 0.717) is 5.75 Å². The van der Waals surface area contributed by atoms with E-state index in [1.54, 1.807) is 38.3 Å². The van der Waals surface area contributed by atoms with Gasteiger partial charge in [-0.05, 0) is 24.6 Å². The standard InChI is InChI=1S/C20H24Cl3NO8/c1-10-15(30-11(2)25)16(31-12(3)26)17(18(29-10)32-19(24)20(21,22)23)28-9-13-5-7-14(27-4)8-6-13/h5-8,10,15-18,24H,9H2,1-4H3/t10-,15+,16+,17-,18-/m0/s1. The van der Waals surface area contributed by atoms with Gasteiger partial charge in [0.25, 0.3) is 3.79 Å². The summed E-state index contributed by atoms with van der Waals surface area (Å²) in [6.45, 7) is 4.04. The summed E-state index contributed by atoms with van der Waals surface area (Å²) >= 11 is 17.2. The fourth-order valence-corrected chi connectivity index (χ4v) is 3.15. The highest BCUT2D eigenvalue weighted by molar-refractivity contribution is 6.76. The van der Waals surface area contributed by atoms with E-state index in [-0.39, 0.29) is 6.61 Å². The Bertz CT molecular complexity index is 814. The molecule has 12 heteroatoms. The van der Waals surface area contributed by atoms with Gasteiger partial charge in [-0.25, -0.2) is 0 Å². The third-order valence-electron chi connectivity index (χ3n) is 4.42. The first-order valence-electron chi connectivity index (χ1n) is 9.49. The van der Waals surface area contributed by atoms with E-state index >= 15 is 0 Å². The maximum Gasteiger partial charge on any atom is 0.303 e. The number of esters is 2. The van der Waals surface area contributed by atoms with Crippen molar-refractivity contribution in [1.82, 2.24) is 0 Å². The quantitative estimate of drug-likeness (QED) is 0.255. The van der Waals surface area contributed by atoms with Gasteiger partial charge < -0.3 is 28.4 Å². The van der Waals surface area contributed by atoms with E-state index in [9.17, 15) is 9.59 Å². The monoisotopic (exact) mass is 511 g/mol. The number of methoxy groups -OCH3 is 1. The van der Waals surface area contributed by atoms with Gasteiger partial charge in [0.1, 0.15) is 5.75 Å². The molecule has 0 unspecified atom stereocenters. The van der Waals surface area contributed by atoms with E-state index in [4.69, 9.17) is 68.6 Å². The van der Waals surface area contributed by atoms with Crippen molar-refractivity contribution in [3.63, 3.8) is 0 Å². The number of rotatable bonds is 7. The lowest BCUT2D eigenvalue weighted by Crippen LogP contribution is -2.61. The predicted octanol–water partition coefficient (Wildman–Crippen LogP) is 3.55. The Morgan fingerprint density at radius 3 is 2.06 bits per heavy atom. The Morgan fingerprint density at radius 1 is 1.00 bits per heavy atom. The summed E-state index contributed by atoms with van der Waals surface area (Å²) in [7, 11) is 1.55. The van der Waals surface area contributed by atoms with E-state index in [1.165, 1.54) is 13.8 Å². The fraction of sp³-hybridized carbons (Fsp3) is 0.550. The molecular weight excluding hydrogens is 489 g/mol. The highest BCUT2D eigenvalue weighted by Crippen LogP contribution is 2.33. The Hall–Kier alpha value is -1.78. The first kappa shape index (κ1) is 26.5. The molecule has 9 nitrogen and oxygen atoms in total. The van der Waals surface area contributed by atoms with Crippen LogP contribution in [0.5, 0.6) is 5.75 Å². The molecule has 0 amide bonds. The van der Waals surface area contributed by atoms with E-state index in [1.807, 2.05) is 0 Å². The molecule has 1 aromatic carbocycles. The summed E-state index contributed by atoms with van der Waals surface area (Å²) < 4.78 is 30.9. The first-order chi connectivity index (χ1) is 14.9. The average Bonchev–Trinajstić information content (AvgIpc) is 2.69. The molecule has 0 aromatic heterocycles. The Balaban J connectivity index is 2.33. The van der Waals surface area contributed by atoms with E-state index in [2.05, 4.69) is 0 Å². The maximum atomic E-state index is 11.8. The van der Waals surface area contributed by atoms with Crippen LogP contribution in [0.15, 0.2) is 24.3 Å². The van der Waals surface area contributed by atoms with Crippen molar-refractivity contribution in [1.29, 1.82) is 5.41 Å². The van der Waals surface area contributed by atoms with E-state index < -0.39 is 52.3 Å². The molecule has 1 aliphatic rings. The van der Waals surface area contributed by atoms with Crippen molar-refractivity contribution in [2.24, 2.45) is 0 Å². The smallest absolute Gasteiger partial charge is 0.303 e. The molecule has 1 aliphatic heterocycles. The fourth-order valence-electron chi connectivity index (χ4n) is 3.02. The molecule has 5 atom stereocenters. The minimum absolute atomic E-state index is 0.0396. The number of benzene rings is 1. The van der Waals surface area contributed by atoms with Crippen LogP contribution in [0.2, 0.25) is 0 Å². The summed E-state index contributed by atoms with van der Waals surface area (Å²) in [5.74, 6) is -1.31. The number of hydrogen-bond acceptors (Lipinski definition) is 9. The van der Waals surface area contributed by atoms with Gasteiger partial charge >= 0.3 is 11.9 Å². The van der Waals surface area contributed by atoms with Crippen LogP contribution in [0.1, 0.15) is 26.3 Å². The molecule has 1 aromatic rings. The lowest BCUT2D eigenvalue weighted by Gasteiger charge is -2.44. The maximum absolute atomic E-state index is 11.8. The Kier molecular flexibility index (Phi) is 9.41. The highest BCUT2D eigenvalue weighted by atomic mass is 35.6. The van der Waals surface area contributed by atoms with Gasteiger partial charge in [-0.3, -0.25) is 15.0 Å². The van der Waals surface area contributed by atoms with Crippen LogP contribution in [0, 0.1) is 5.41 Å². The molecule has 0 spiro atoms. The second kappa shape index (κ2) is 11.4. The van der Waals surface area contributed by atoms with E-state index in [0.717, 1.165) is 5.56 Å². The molecule has 1 heterocycles. The van der Waals surface area contributed by atoms with Crippen molar-refractivity contribution in [3.8, 4) is 5.75 Å². The van der Waals surface area contributed by atoms with Gasteiger partial charge in [-0.1, -0.05) is 46.9 Å². The lowest BCUT2D eigenvalue weighted by atomic mass is 9.98. The number of halogens is 3. The van der Waals surface area contributed by atoms with Crippen LogP contribution in [0.3, 0.4) is 0 Å². The molecule has 1 fully saturated rings. The number of hydrogen-bond donors (Lipinski definition) is 1. The number of ether oxygens (including phenoxy) is 6. The van der Waals surface area contributed by atoms with Gasteiger partial charge in [0.2, 0.25) is 12.2 Å². The minimum atomic E-state index is -2.16. The number of nitrogens with one attached hydrogen (secondary N) is 1. The Labute approximate surface area is 200 Å². The Morgan fingerprint density at radius 2 is 1.56 bits per heavy atom. The summed E-state index contributed by atoms with van der Waals surface area (Å²) in [5, 5.41) is 7.88.